The van der Waals surface area contributed by atoms with Crippen LogP contribution in [0.3, 0.4) is 0 Å². The van der Waals surface area contributed by atoms with E-state index in [0.717, 1.165) is 10.8 Å². The molecule has 3 nitrogen and oxygen atoms in total. The topological polar surface area (TPSA) is 60.2 Å². The van der Waals surface area contributed by atoms with Crippen LogP contribution in [0.15, 0.2) is 30.3 Å². The molecule has 2 aromatic carbocycles. The van der Waals surface area contributed by atoms with E-state index >= 15 is 0 Å². The summed E-state index contributed by atoms with van der Waals surface area (Å²) in [7, 11) is 0. The average Bonchev–Trinajstić information content (AvgIpc) is 2.27. The van der Waals surface area contributed by atoms with E-state index in [1.54, 1.807) is 12.1 Å². The summed E-state index contributed by atoms with van der Waals surface area (Å²) in [6.07, 6.45) is 1.29. The number of carbonyl (C=O) groups excluding carboxylic acids is 2. The van der Waals surface area contributed by atoms with Crippen LogP contribution in [0.4, 0.5) is 5.69 Å². The van der Waals surface area contributed by atoms with E-state index in [9.17, 15) is 9.59 Å². The Kier molecular flexibility index (Phi) is 2.21. The first-order chi connectivity index (χ1) is 7.27. The summed E-state index contributed by atoms with van der Waals surface area (Å²) in [4.78, 5) is 21.7. The van der Waals surface area contributed by atoms with Crippen molar-refractivity contribution in [3.63, 3.8) is 0 Å². The molecule has 0 unspecified atom stereocenters. The number of aldehydes is 2. The Morgan fingerprint density at radius 1 is 1.00 bits per heavy atom. The van der Waals surface area contributed by atoms with Crippen LogP contribution in [0.2, 0.25) is 0 Å². The van der Waals surface area contributed by atoms with Crippen molar-refractivity contribution in [2.24, 2.45) is 0 Å². The third-order valence-corrected chi connectivity index (χ3v) is 2.40. The number of anilines is 1. The maximum atomic E-state index is 10.9. The zero-order valence-electron chi connectivity index (χ0n) is 7.94. The minimum atomic E-state index is 0.267. The Morgan fingerprint density at radius 2 is 1.67 bits per heavy atom. The molecule has 0 spiro atoms. The molecule has 2 rings (SSSR count). The van der Waals surface area contributed by atoms with E-state index in [1.807, 2.05) is 18.2 Å². The van der Waals surface area contributed by atoms with Crippen molar-refractivity contribution in [3.05, 3.63) is 41.5 Å². The van der Waals surface area contributed by atoms with Crippen LogP contribution in [0.25, 0.3) is 10.8 Å². The number of carbonyl (C=O) groups is 2. The monoisotopic (exact) mass is 199 g/mol. The molecule has 0 heterocycles. The molecule has 2 aromatic rings. The summed E-state index contributed by atoms with van der Waals surface area (Å²) in [6.45, 7) is 0. The first kappa shape index (κ1) is 9.40. The lowest BCUT2D eigenvalue weighted by molar-refractivity contribution is 0.109. The molecule has 0 aliphatic rings. The van der Waals surface area contributed by atoms with Gasteiger partial charge < -0.3 is 5.73 Å². The van der Waals surface area contributed by atoms with Gasteiger partial charge >= 0.3 is 0 Å². The molecular formula is C12H9NO2. The average molecular weight is 199 g/mol. The second-order valence-electron chi connectivity index (χ2n) is 3.25. The van der Waals surface area contributed by atoms with Gasteiger partial charge in [-0.25, -0.2) is 0 Å². The van der Waals surface area contributed by atoms with Crippen molar-refractivity contribution in [2.75, 3.05) is 5.73 Å². The molecule has 0 fully saturated rings. The van der Waals surface area contributed by atoms with E-state index in [0.29, 0.717) is 23.8 Å². The van der Waals surface area contributed by atoms with Crippen LogP contribution in [0.5, 0.6) is 0 Å². The van der Waals surface area contributed by atoms with Crippen molar-refractivity contribution in [2.45, 2.75) is 0 Å². The molecule has 0 atom stereocenters. The minimum Gasteiger partial charge on any atom is -0.398 e. The molecule has 3 heteroatoms. The molecule has 0 aromatic heterocycles. The van der Waals surface area contributed by atoms with Gasteiger partial charge in [0.05, 0.1) is 0 Å². The lowest BCUT2D eigenvalue weighted by atomic mass is 9.99. The Balaban J connectivity index is 2.97. The van der Waals surface area contributed by atoms with Crippen molar-refractivity contribution in [3.8, 4) is 0 Å². The highest BCUT2D eigenvalue weighted by Crippen LogP contribution is 2.25. The largest absolute Gasteiger partial charge is 0.398 e. The molecule has 74 valence electrons. The summed E-state index contributed by atoms with van der Waals surface area (Å²) in [6, 6.07) is 9.03. The van der Waals surface area contributed by atoms with Gasteiger partial charge in [-0.15, -0.1) is 0 Å². The van der Waals surface area contributed by atoms with E-state index < -0.39 is 0 Å². The van der Waals surface area contributed by atoms with Gasteiger partial charge in [0, 0.05) is 16.8 Å². The summed E-state index contributed by atoms with van der Waals surface area (Å²) in [5.41, 5.74) is 6.65. The summed E-state index contributed by atoms with van der Waals surface area (Å²) >= 11 is 0. The molecule has 0 radical (unpaired) electrons. The highest BCUT2D eigenvalue weighted by Gasteiger charge is 2.09. The first-order valence-corrected chi connectivity index (χ1v) is 4.49. The maximum Gasteiger partial charge on any atom is 0.152 e. The van der Waals surface area contributed by atoms with Crippen LogP contribution >= 0.6 is 0 Å². The molecule has 0 aliphatic carbocycles. The fourth-order valence-electron chi connectivity index (χ4n) is 1.67. The molecule has 0 saturated heterocycles. The zero-order valence-corrected chi connectivity index (χ0v) is 7.94. The number of nitrogen functional groups attached to an aromatic ring is 1. The van der Waals surface area contributed by atoms with Gasteiger partial charge in [-0.05, 0) is 16.8 Å². The van der Waals surface area contributed by atoms with Crippen molar-refractivity contribution >= 4 is 29.0 Å². The van der Waals surface area contributed by atoms with Gasteiger partial charge in [-0.3, -0.25) is 9.59 Å². The molecule has 0 saturated carbocycles. The first-order valence-electron chi connectivity index (χ1n) is 4.49. The maximum absolute atomic E-state index is 10.9. The van der Waals surface area contributed by atoms with E-state index in [4.69, 9.17) is 5.73 Å². The number of benzene rings is 2. The third kappa shape index (κ3) is 1.38. The van der Waals surface area contributed by atoms with Crippen LogP contribution in [-0.4, -0.2) is 12.6 Å². The Morgan fingerprint density at radius 3 is 2.33 bits per heavy atom. The summed E-state index contributed by atoms with van der Waals surface area (Å²) in [5.74, 6) is 0. The normalized spacial score (nSPS) is 10.1. The van der Waals surface area contributed by atoms with Crippen LogP contribution in [0.1, 0.15) is 20.7 Å². The fourth-order valence-corrected chi connectivity index (χ4v) is 1.67. The van der Waals surface area contributed by atoms with Gasteiger partial charge in [-0.1, -0.05) is 24.3 Å². The smallest absolute Gasteiger partial charge is 0.152 e. The lowest BCUT2D eigenvalue weighted by Gasteiger charge is -2.06. The lowest BCUT2D eigenvalue weighted by Crippen LogP contribution is -1.99. The standard InChI is InChI=1S/C12H9NO2/c13-12-5-8-3-1-2-4-9(8)10(6-14)11(12)7-15/h1-7H,13H2. The minimum absolute atomic E-state index is 0.267. The molecule has 0 aliphatic heterocycles. The van der Waals surface area contributed by atoms with Crippen LogP contribution < -0.4 is 5.73 Å². The number of rotatable bonds is 2. The Bertz CT molecular complexity index is 547. The van der Waals surface area contributed by atoms with E-state index in [1.165, 1.54) is 0 Å². The second kappa shape index (κ2) is 3.53. The number of fused-ring (bicyclic) bond motifs is 1. The predicted molar refractivity (Wildman–Crippen MR) is 59.1 cm³/mol. The fraction of sp³-hybridized carbons (Fsp3) is 0. The quantitative estimate of drug-likeness (QED) is 0.594. The van der Waals surface area contributed by atoms with Gasteiger partial charge in [0.2, 0.25) is 0 Å². The molecule has 0 amide bonds. The molecule has 15 heavy (non-hydrogen) atoms. The van der Waals surface area contributed by atoms with Crippen molar-refractivity contribution in [1.29, 1.82) is 0 Å². The van der Waals surface area contributed by atoms with E-state index in [2.05, 4.69) is 0 Å². The van der Waals surface area contributed by atoms with Gasteiger partial charge in [-0.2, -0.15) is 0 Å². The summed E-state index contributed by atoms with van der Waals surface area (Å²) < 4.78 is 0. The van der Waals surface area contributed by atoms with Crippen molar-refractivity contribution < 1.29 is 9.59 Å². The van der Waals surface area contributed by atoms with Crippen LogP contribution in [-0.2, 0) is 0 Å². The Hall–Kier alpha value is -2.16. The highest BCUT2D eigenvalue weighted by atomic mass is 16.1. The predicted octanol–water partition coefficient (Wildman–Crippen LogP) is 2.05. The second-order valence-corrected chi connectivity index (χ2v) is 3.25. The van der Waals surface area contributed by atoms with E-state index in [-0.39, 0.29) is 5.56 Å². The Labute approximate surface area is 86.5 Å². The molecule has 2 N–H and O–H groups in total. The van der Waals surface area contributed by atoms with Crippen LogP contribution in [0, 0.1) is 0 Å². The van der Waals surface area contributed by atoms with Crippen molar-refractivity contribution in [1.82, 2.24) is 0 Å². The third-order valence-electron chi connectivity index (χ3n) is 2.40. The highest BCUT2D eigenvalue weighted by molar-refractivity contribution is 6.08. The van der Waals surface area contributed by atoms with Gasteiger partial charge in [0.1, 0.15) is 0 Å². The zero-order chi connectivity index (χ0) is 10.8. The van der Waals surface area contributed by atoms with Gasteiger partial charge in [0.15, 0.2) is 12.6 Å². The number of nitrogens with two attached hydrogens (primary N) is 1. The van der Waals surface area contributed by atoms with Gasteiger partial charge in [0.25, 0.3) is 0 Å². The molecule has 0 bridgehead atoms. The number of hydrogen-bond acceptors (Lipinski definition) is 3. The number of hydrogen-bond donors (Lipinski definition) is 1. The SMILES string of the molecule is Nc1cc2ccccc2c(C=O)c1C=O. The molecular weight excluding hydrogens is 190 g/mol. The summed E-state index contributed by atoms with van der Waals surface area (Å²) in [5, 5.41) is 1.62.